The first-order valence-corrected chi connectivity index (χ1v) is 10.00. The van der Waals surface area contributed by atoms with E-state index in [1.54, 1.807) is 0 Å². The van der Waals surface area contributed by atoms with Gasteiger partial charge in [-0.3, -0.25) is 0 Å². The lowest BCUT2D eigenvalue weighted by Gasteiger charge is -2.17. The highest BCUT2D eigenvalue weighted by atomic mass is 35.6. The van der Waals surface area contributed by atoms with E-state index in [-0.39, 0.29) is 0 Å². The molecule has 0 aromatic carbocycles. The van der Waals surface area contributed by atoms with Gasteiger partial charge >= 0.3 is 0 Å². The molecule has 0 radical (unpaired) electrons. The van der Waals surface area contributed by atoms with Crippen LogP contribution in [-0.4, -0.2) is 22.7 Å². The zero-order chi connectivity index (χ0) is 8.20. The van der Waals surface area contributed by atoms with E-state index < -0.39 is 16.4 Å². The van der Waals surface area contributed by atoms with Crippen LogP contribution in [0.1, 0.15) is 0 Å². The molecule has 1 unspecified atom stereocenters. The lowest BCUT2D eigenvalue weighted by molar-refractivity contribution is 0.379. The summed E-state index contributed by atoms with van der Waals surface area (Å²) in [5.74, 6) is 0. The lowest BCUT2D eigenvalue weighted by atomic mass is 11.3. The Morgan fingerprint density at radius 2 is 2.10 bits per heavy atom. The fourth-order valence-electron chi connectivity index (χ4n) is 0.398. The standard InChI is InChI=1S/C6H15ClOSi2/c1-5-9(7)6-8-10(2,3)4/h5,9H,1,6H2,2-4H3. The molecule has 0 fully saturated rings. The van der Waals surface area contributed by atoms with Gasteiger partial charge in [0.05, 0.1) is 0 Å². The summed E-state index contributed by atoms with van der Waals surface area (Å²) in [6.45, 7) is 10.1. The second-order valence-electron chi connectivity index (χ2n) is 3.18. The molecular formula is C6H15ClOSi2. The van der Waals surface area contributed by atoms with Crippen LogP contribution in [0.15, 0.2) is 12.3 Å². The monoisotopic (exact) mass is 194 g/mol. The van der Waals surface area contributed by atoms with Gasteiger partial charge in [-0.1, -0.05) is 5.70 Å². The molecule has 1 atom stereocenters. The van der Waals surface area contributed by atoms with Crippen molar-refractivity contribution in [3.8, 4) is 0 Å². The second-order valence-corrected chi connectivity index (χ2v) is 11.2. The van der Waals surface area contributed by atoms with Crippen LogP contribution in [0.25, 0.3) is 0 Å². The predicted molar refractivity (Wildman–Crippen MR) is 52.5 cm³/mol. The van der Waals surface area contributed by atoms with Crippen LogP contribution in [-0.2, 0) is 4.43 Å². The number of hydrogen-bond donors (Lipinski definition) is 0. The van der Waals surface area contributed by atoms with Gasteiger partial charge in [-0.15, -0.1) is 6.58 Å². The van der Waals surface area contributed by atoms with Gasteiger partial charge in [0.2, 0.25) is 0 Å². The Morgan fingerprint density at radius 1 is 1.60 bits per heavy atom. The third-order valence-corrected chi connectivity index (χ3v) is 4.21. The fourth-order valence-corrected chi connectivity index (χ4v) is 3.74. The molecule has 0 rings (SSSR count). The van der Waals surface area contributed by atoms with Crippen molar-refractivity contribution in [3.63, 3.8) is 0 Å². The van der Waals surface area contributed by atoms with Crippen molar-refractivity contribution < 1.29 is 4.43 Å². The zero-order valence-electron chi connectivity index (χ0n) is 6.86. The van der Waals surface area contributed by atoms with Crippen molar-refractivity contribution in [2.75, 3.05) is 6.23 Å². The van der Waals surface area contributed by atoms with Crippen molar-refractivity contribution in [2.24, 2.45) is 0 Å². The van der Waals surface area contributed by atoms with Gasteiger partial charge in [-0.05, 0) is 19.6 Å². The smallest absolute Gasteiger partial charge is 0.188 e. The molecule has 0 aromatic rings. The first-order valence-electron chi connectivity index (χ1n) is 3.36. The molecule has 0 bridgehead atoms. The summed E-state index contributed by atoms with van der Waals surface area (Å²) in [6, 6.07) is 0. The van der Waals surface area contributed by atoms with Crippen molar-refractivity contribution in [3.05, 3.63) is 12.3 Å². The summed E-state index contributed by atoms with van der Waals surface area (Å²) in [6.07, 6.45) is 0.737. The summed E-state index contributed by atoms with van der Waals surface area (Å²) in [5, 5.41) is 0. The number of halogens is 1. The van der Waals surface area contributed by atoms with Gasteiger partial charge in [0.1, 0.15) is 0 Å². The largest absolute Gasteiger partial charge is 0.419 e. The summed E-state index contributed by atoms with van der Waals surface area (Å²) in [5.41, 5.74) is 1.84. The van der Waals surface area contributed by atoms with Gasteiger partial charge < -0.3 is 4.43 Å². The molecular weight excluding hydrogens is 180 g/mol. The van der Waals surface area contributed by atoms with Crippen LogP contribution in [0.3, 0.4) is 0 Å². The normalized spacial score (nSPS) is 14.8. The van der Waals surface area contributed by atoms with E-state index in [9.17, 15) is 0 Å². The molecule has 0 N–H and O–H groups in total. The van der Waals surface area contributed by atoms with E-state index in [2.05, 4.69) is 26.2 Å². The molecule has 0 aliphatic heterocycles. The molecule has 0 aliphatic rings. The average molecular weight is 195 g/mol. The second kappa shape index (κ2) is 4.33. The highest BCUT2D eigenvalue weighted by molar-refractivity contribution is 7.09. The third-order valence-electron chi connectivity index (χ3n) is 0.931. The minimum atomic E-state index is -1.33. The molecule has 0 spiro atoms. The van der Waals surface area contributed by atoms with Crippen LogP contribution in [0.5, 0.6) is 0 Å². The SMILES string of the molecule is C=C[SiH](Cl)CO[Si](C)(C)C. The van der Waals surface area contributed by atoms with E-state index in [1.807, 2.05) is 5.70 Å². The molecule has 60 valence electrons. The molecule has 0 heterocycles. The Morgan fingerprint density at radius 3 is 2.40 bits per heavy atom. The maximum atomic E-state index is 5.89. The maximum absolute atomic E-state index is 5.89. The van der Waals surface area contributed by atoms with Crippen molar-refractivity contribution >= 4 is 27.5 Å². The summed E-state index contributed by atoms with van der Waals surface area (Å²) in [4.78, 5) is 0. The van der Waals surface area contributed by atoms with Crippen LogP contribution in [0.4, 0.5) is 0 Å². The highest BCUT2D eigenvalue weighted by Crippen LogP contribution is 2.04. The molecule has 10 heavy (non-hydrogen) atoms. The Labute approximate surface area is 70.5 Å². The van der Waals surface area contributed by atoms with Crippen LogP contribution >= 0.6 is 11.1 Å². The maximum Gasteiger partial charge on any atom is 0.188 e. The molecule has 0 saturated heterocycles. The van der Waals surface area contributed by atoms with Gasteiger partial charge in [-0.25, -0.2) is 0 Å². The zero-order valence-corrected chi connectivity index (χ0v) is 9.77. The lowest BCUT2D eigenvalue weighted by Crippen LogP contribution is -2.29. The van der Waals surface area contributed by atoms with Crippen LogP contribution < -0.4 is 0 Å². The topological polar surface area (TPSA) is 9.23 Å². The summed E-state index contributed by atoms with van der Waals surface area (Å²) < 4.78 is 5.58. The number of hydrogen-bond acceptors (Lipinski definition) is 1. The minimum absolute atomic E-state index is 0.737. The van der Waals surface area contributed by atoms with E-state index in [1.165, 1.54) is 0 Å². The molecule has 0 saturated carbocycles. The molecule has 1 nitrogen and oxygen atoms in total. The minimum Gasteiger partial charge on any atom is -0.419 e. The van der Waals surface area contributed by atoms with E-state index in [0.717, 1.165) is 6.23 Å². The average Bonchev–Trinajstić information content (AvgIpc) is 1.81. The summed E-state index contributed by atoms with van der Waals surface area (Å²) >= 11 is 5.89. The van der Waals surface area contributed by atoms with Gasteiger partial charge in [0.25, 0.3) is 0 Å². The van der Waals surface area contributed by atoms with Crippen molar-refractivity contribution in [1.29, 1.82) is 0 Å². The van der Waals surface area contributed by atoms with Crippen molar-refractivity contribution in [1.82, 2.24) is 0 Å². The Bertz CT molecular complexity index is 111. The van der Waals surface area contributed by atoms with E-state index in [4.69, 9.17) is 15.5 Å². The van der Waals surface area contributed by atoms with Crippen LogP contribution in [0.2, 0.25) is 19.6 Å². The quantitative estimate of drug-likeness (QED) is 0.492. The van der Waals surface area contributed by atoms with E-state index >= 15 is 0 Å². The fraction of sp³-hybridized carbons (Fsp3) is 0.667. The Hall–Kier alpha value is 0.424. The third kappa shape index (κ3) is 6.54. The molecule has 0 aliphatic carbocycles. The highest BCUT2D eigenvalue weighted by Gasteiger charge is 2.15. The van der Waals surface area contributed by atoms with E-state index in [0.29, 0.717) is 0 Å². The first-order chi connectivity index (χ1) is 4.45. The van der Waals surface area contributed by atoms with Crippen LogP contribution in [0, 0.1) is 0 Å². The predicted octanol–water partition coefficient (Wildman–Crippen LogP) is 2.06. The summed E-state index contributed by atoms with van der Waals surface area (Å²) in [7, 11) is -2.57. The molecule has 4 heteroatoms. The Kier molecular flexibility index (Phi) is 4.52. The van der Waals surface area contributed by atoms with Gasteiger partial charge in [0.15, 0.2) is 16.4 Å². The molecule has 0 aromatic heterocycles. The number of rotatable bonds is 4. The van der Waals surface area contributed by atoms with Crippen molar-refractivity contribution in [2.45, 2.75) is 19.6 Å². The Balaban J connectivity index is 3.45. The first kappa shape index (κ1) is 10.4. The van der Waals surface area contributed by atoms with Gasteiger partial charge in [-0.2, -0.15) is 11.1 Å². The molecule has 0 amide bonds. The van der Waals surface area contributed by atoms with Gasteiger partial charge in [0, 0.05) is 6.23 Å².